The first-order valence-electron chi connectivity index (χ1n) is 8.44. The van der Waals surface area contributed by atoms with Crippen molar-refractivity contribution in [3.63, 3.8) is 0 Å². The van der Waals surface area contributed by atoms with Gasteiger partial charge < -0.3 is 9.30 Å². The molecule has 0 aliphatic carbocycles. The number of fused-ring (bicyclic) bond motifs is 1. The van der Waals surface area contributed by atoms with E-state index in [0.29, 0.717) is 11.4 Å². The van der Waals surface area contributed by atoms with Crippen LogP contribution in [0, 0.1) is 6.92 Å². The fourth-order valence-corrected chi connectivity index (χ4v) is 5.14. The highest BCUT2D eigenvalue weighted by Gasteiger charge is 2.20. The molecule has 0 spiro atoms. The Labute approximate surface area is 162 Å². The topological polar surface area (TPSA) is 73.2 Å². The van der Waals surface area contributed by atoms with Crippen molar-refractivity contribution in [3.8, 4) is 17.0 Å². The highest BCUT2D eigenvalue weighted by molar-refractivity contribution is 7.99. The first-order valence-corrected chi connectivity index (χ1v) is 10.9. The molecule has 0 fully saturated rings. The molecule has 1 aliphatic heterocycles. The van der Waals surface area contributed by atoms with Gasteiger partial charge in [0.25, 0.3) is 10.0 Å². The van der Waals surface area contributed by atoms with Gasteiger partial charge in [0.2, 0.25) is 0 Å². The summed E-state index contributed by atoms with van der Waals surface area (Å²) in [5.41, 5.74) is 3.12. The van der Waals surface area contributed by atoms with Gasteiger partial charge in [-0.25, -0.2) is 13.4 Å². The maximum absolute atomic E-state index is 12.8. The van der Waals surface area contributed by atoms with Gasteiger partial charge in [-0.1, -0.05) is 30.0 Å². The van der Waals surface area contributed by atoms with Crippen molar-refractivity contribution < 1.29 is 13.2 Å². The van der Waals surface area contributed by atoms with Crippen molar-refractivity contribution in [3.05, 3.63) is 54.2 Å². The van der Waals surface area contributed by atoms with Gasteiger partial charge in [0, 0.05) is 29.7 Å². The molecule has 1 N–H and O–H groups in total. The van der Waals surface area contributed by atoms with Gasteiger partial charge in [0.1, 0.15) is 10.6 Å². The minimum atomic E-state index is -3.77. The smallest absolute Gasteiger partial charge is 0.265 e. The van der Waals surface area contributed by atoms with Crippen LogP contribution in [0.3, 0.4) is 0 Å². The Balaban J connectivity index is 1.64. The average Bonchev–Trinajstić information content (AvgIpc) is 3.23. The van der Waals surface area contributed by atoms with Crippen LogP contribution < -0.4 is 9.46 Å². The Morgan fingerprint density at radius 3 is 2.85 bits per heavy atom. The molecule has 4 rings (SSSR count). The molecule has 3 aromatic rings. The number of nitrogens with zero attached hydrogens (tertiary/aromatic N) is 2. The second kappa shape index (κ2) is 6.94. The van der Waals surface area contributed by atoms with Crippen LogP contribution >= 0.6 is 11.8 Å². The largest absolute Gasteiger partial charge is 0.495 e. The number of imidazole rings is 1. The van der Waals surface area contributed by atoms with E-state index in [4.69, 9.17) is 4.74 Å². The number of benzene rings is 2. The molecule has 0 amide bonds. The second-order valence-electron chi connectivity index (χ2n) is 6.29. The van der Waals surface area contributed by atoms with E-state index in [2.05, 4.69) is 14.3 Å². The van der Waals surface area contributed by atoms with Gasteiger partial charge in [-0.15, -0.1) is 0 Å². The summed E-state index contributed by atoms with van der Waals surface area (Å²) < 4.78 is 35.7. The van der Waals surface area contributed by atoms with Crippen molar-refractivity contribution >= 4 is 27.5 Å². The third-order valence-corrected chi connectivity index (χ3v) is 6.71. The number of rotatable bonds is 5. The highest BCUT2D eigenvalue weighted by atomic mass is 32.2. The normalized spacial score (nSPS) is 13.4. The molecule has 8 heteroatoms. The minimum absolute atomic E-state index is 0.110. The Bertz CT molecular complexity index is 1090. The van der Waals surface area contributed by atoms with Crippen molar-refractivity contribution in [2.45, 2.75) is 23.5 Å². The van der Waals surface area contributed by atoms with E-state index in [1.165, 1.54) is 7.11 Å². The number of sulfonamides is 1. The lowest BCUT2D eigenvalue weighted by molar-refractivity contribution is 0.402. The number of anilines is 1. The van der Waals surface area contributed by atoms with E-state index in [-0.39, 0.29) is 4.90 Å². The Hall–Kier alpha value is -2.45. The number of ether oxygens (including phenoxy) is 1. The van der Waals surface area contributed by atoms with Crippen LogP contribution in [0.2, 0.25) is 0 Å². The van der Waals surface area contributed by atoms with Crippen LogP contribution in [-0.2, 0) is 16.6 Å². The maximum Gasteiger partial charge on any atom is 0.265 e. The molecule has 0 saturated carbocycles. The SMILES string of the molecule is COc1cc(C)ccc1S(=O)(=O)Nc1cccc(-c2cn3c(n2)SCC3)c1. The summed E-state index contributed by atoms with van der Waals surface area (Å²) >= 11 is 1.73. The quantitative estimate of drug-likeness (QED) is 0.704. The van der Waals surface area contributed by atoms with Gasteiger partial charge in [-0.3, -0.25) is 4.72 Å². The monoisotopic (exact) mass is 401 g/mol. The summed E-state index contributed by atoms with van der Waals surface area (Å²) in [7, 11) is -2.31. The van der Waals surface area contributed by atoms with Crippen LogP contribution in [0.4, 0.5) is 5.69 Å². The highest BCUT2D eigenvalue weighted by Crippen LogP contribution is 2.31. The molecule has 0 saturated heterocycles. The van der Waals surface area contributed by atoms with E-state index in [0.717, 1.165) is 34.3 Å². The van der Waals surface area contributed by atoms with Gasteiger partial charge in [0.15, 0.2) is 5.16 Å². The van der Waals surface area contributed by atoms with Gasteiger partial charge >= 0.3 is 0 Å². The zero-order valence-electron chi connectivity index (χ0n) is 15.0. The van der Waals surface area contributed by atoms with E-state index in [1.54, 1.807) is 42.1 Å². The van der Waals surface area contributed by atoms with E-state index < -0.39 is 10.0 Å². The number of hydrogen-bond acceptors (Lipinski definition) is 5. The van der Waals surface area contributed by atoms with Crippen LogP contribution in [-0.4, -0.2) is 30.8 Å². The number of methoxy groups -OCH3 is 1. The summed E-state index contributed by atoms with van der Waals surface area (Å²) in [6.07, 6.45) is 2.01. The molecule has 0 atom stereocenters. The number of hydrogen-bond donors (Lipinski definition) is 1. The third-order valence-electron chi connectivity index (χ3n) is 4.32. The minimum Gasteiger partial charge on any atom is -0.495 e. The number of nitrogens with one attached hydrogen (secondary N) is 1. The zero-order chi connectivity index (χ0) is 19.0. The summed E-state index contributed by atoms with van der Waals surface area (Å²) in [4.78, 5) is 4.73. The molecule has 2 heterocycles. The summed E-state index contributed by atoms with van der Waals surface area (Å²) in [6, 6.07) is 12.3. The van der Waals surface area contributed by atoms with Crippen LogP contribution in [0.25, 0.3) is 11.3 Å². The number of aromatic nitrogens is 2. The number of aryl methyl sites for hydroxylation is 2. The van der Waals surface area contributed by atoms with Crippen LogP contribution in [0.1, 0.15) is 5.56 Å². The summed E-state index contributed by atoms with van der Waals surface area (Å²) in [5, 5.41) is 1.00. The third kappa shape index (κ3) is 3.54. The predicted octanol–water partition coefficient (Wildman–Crippen LogP) is 3.77. The molecule has 0 bridgehead atoms. The first-order chi connectivity index (χ1) is 13.0. The zero-order valence-corrected chi connectivity index (χ0v) is 16.6. The van der Waals surface area contributed by atoms with E-state index >= 15 is 0 Å². The lowest BCUT2D eigenvalue weighted by atomic mass is 10.1. The number of thioether (sulfide) groups is 1. The van der Waals surface area contributed by atoms with E-state index in [9.17, 15) is 8.42 Å². The molecule has 1 aromatic heterocycles. The van der Waals surface area contributed by atoms with Crippen molar-refractivity contribution in [1.82, 2.24) is 9.55 Å². The predicted molar refractivity (Wildman–Crippen MR) is 107 cm³/mol. The molecule has 1 aliphatic rings. The molecule has 6 nitrogen and oxygen atoms in total. The Kier molecular flexibility index (Phi) is 4.61. The lowest BCUT2D eigenvalue weighted by Crippen LogP contribution is -2.14. The van der Waals surface area contributed by atoms with Crippen LogP contribution in [0.15, 0.2) is 58.7 Å². The fourth-order valence-electron chi connectivity index (χ4n) is 3.00. The molecule has 0 radical (unpaired) electrons. The van der Waals surface area contributed by atoms with Crippen molar-refractivity contribution in [2.24, 2.45) is 0 Å². The molecular formula is C19H19N3O3S2. The molecule has 0 unspecified atom stereocenters. The standard InChI is InChI=1S/C19H19N3O3S2/c1-13-6-7-18(17(10-13)25-2)27(23,24)21-15-5-3-4-14(11-15)16-12-22-8-9-26-19(22)20-16/h3-7,10-12,21H,8-9H2,1-2H3. The van der Waals surface area contributed by atoms with Gasteiger partial charge in [-0.2, -0.15) is 0 Å². The van der Waals surface area contributed by atoms with Gasteiger partial charge in [-0.05, 0) is 36.8 Å². The van der Waals surface area contributed by atoms with Crippen LogP contribution in [0.5, 0.6) is 5.75 Å². The summed E-state index contributed by atoms with van der Waals surface area (Å²) in [6.45, 7) is 2.84. The van der Waals surface area contributed by atoms with Gasteiger partial charge in [0.05, 0.1) is 12.8 Å². The van der Waals surface area contributed by atoms with Crippen molar-refractivity contribution in [2.75, 3.05) is 17.6 Å². The lowest BCUT2D eigenvalue weighted by Gasteiger charge is -2.12. The first kappa shape index (κ1) is 17.9. The summed E-state index contributed by atoms with van der Waals surface area (Å²) in [5.74, 6) is 1.36. The maximum atomic E-state index is 12.8. The van der Waals surface area contributed by atoms with E-state index in [1.807, 2.05) is 25.3 Å². The molecule has 140 valence electrons. The Morgan fingerprint density at radius 2 is 2.07 bits per heavy atom. The second-order valence-corrected chi connectivity index (χ2v) is 9.00. The van der Waals surface area contributed by atoms with Crippen molar-refractivity contribution in [1.29, 1.82) is 0 Å². The average molecular weight is 402 g/mol. The Morgan fingerprint density at radius 1 is 1.22 bits per heavy atom. The molecular weight excluding hydrogens is 382 g/mol. The molecule has 27 heavy (non-hydrogen) atoms. The molecule has 2 aromatic carbocycles. The fraction of sp³-hybridized carbons (Fsp3) is 0.211.